The molecule has 1 amide bonds. The summed E-state index contributed by atoms with van der Waals surface area (Å²) >= 11 is 1.81. The number of carbonyl (C=O) groups excluding carboxylic acids is 1. The van der Waals surface area contributed by atoms with E-state index < -0.39 is 0 Å². The zero-order valence-electron chi connectivity index (χ0n) is 13.3. The van der Waals surface area contributed by atoms with Crippen LogP contribution >= 0.6 is 11.3 Å². The highest BCUT2D eigenvalue weighted by Gasteiger charge is 2.30. The highest BCUT2D eigenvalue weighted by Crippen LogP contribution is 2.34. The van der Waals surface area contributed by atoms with E-state index in [2.05, 4.69) is 46.7 Å². The first-order valence-electron chi connectivity index (χ1n) is 8.43. The zero-order chi connectivity index (χ0) is 15.6. The molecule has 0 aliphatic carbocycles. The lowest BCUT2D eigenvalue weighted by atomic mass is 10.00. The van der Waals surface area contributed by atoms with Gasteiger partial charge in [-0.15, -0.1) is 11.3 Å². The maximum atomic E-state index is 12.8. The molecule has 1 saturated heterocycles. The van der Waals surface area contributed by atoms with Gasteiger partial charge in [-0.05, 0) is 48.4 Å². The van der Waals surface area contributed by atoms with Crippen molar-refractivity contribution in [2.45, 2.75) is 31.8 Å². The Hall–Kier alpha value is -1.65. The fourth-order valence-electron chi connectivity index (χ4n) is 3.80. The van der Waals surface area contributed by atoms with E-state index in [9.17, 15) is 4.79 Å². The molecule has 3 heterocycles. The maximum Gasteiger partial charge on any atom is 0.237 e. The molecule has 4 heteroatoms. The van der Waals surface area contributed by atoms with E-state index in [0.29, 0.717) is 12.6 Å². The molecule has 0 radical (unpaired) electrons. The molecule has 120 valence electrons. The third kappa shape index (κ3) is 3.06. The molecule has 4 rings (SSSR count). The third-order valence-electron chi connectivity index (χ3n) is 5.06. The van der Waals surface area contributed by atoms with Crippen LogP contribution in [0.4, 0.5) is 0 Å². The van der Waals surface area contributed by atoms with Crippen molar-refractivity contribution in [2.75, 3.05) is 19.6 Å². The Balaban J connectivity index is 1.42. The normalized spacial score (nSPS) is 21.4. The molecule has 3 nitrogen and oxygen atoms in total. The SMILES string of the molecule is O=C(CN1CCC[C@H]1c1cccs1)N1CCc2ccccc2C1. The summed E-state index contributed by atoms with van der Waals surface area (Å²) in [5, 5.41) is 2.13. The monoisotopic (exact) mass is 326 g/mol. The Bertz CT molecular complexity index is 682. The molecule has 1 aromatic heterocycles. The molecular weight excluding hydrogens is 304 g/mol. The summed E-state index contributed by atoms with van der Waals surface area (Å²) in [6.45, 7) is 3.23. The second-order valence-corrected chi connectivity index (χ2v) is 7.46. The topological polar surface area (TPSA) is 23.6 Å². The number of carbonyl (C=O) groups is 1. The van der Waals surface area contributed by atoms with E-state index in [1.807, 2.05) is 16.2 Å². The van der Waals surface area contributed by atoms with Crippen molar-refractivity contribution < 1.29 is 4.79 Å². The average molecular weight is 326 g/mol. The van der Waals surface area contributed by atoms with Gasteiger partial charge in [-0.25, -0.2) is 0 Å². The molecule has 0 unspecified atom stereocenters. The van der Waals surface area contributed by atoms with Crippen molar-refractivity contribution in [3.63, 3.8) is 0 Å². The maximum absolute atomic E-state index is 12.8. The number of fused-ring (bicyclic) bond motifs is 1. The van der Waals surface area contributed by atoms with E-state index in [1.54, 1.807) is 0 Å². The highest BCUT2D eigenvalue weighted by atomic mass is 32.1. The fraction of sp³-hybridized carbons (Fsp3) is 0.421. The summed E-state index contributed by atoms with van der Waals surface area (Å²) in [4.78, 5) is 18.6. The van der Waals surface area contributed by atoms with Crippen LogP contribution in [-0.4, -0.2) is 35.3 Å². The number of likely N-dealkylation sites (tertiary alicyclic amines) is 1. The summed E-state index contributed by atoms with van der Waals surface area (Å²) < 4.78 is 0. The van der Waals surface area contributed by atoms with Gasteiger partial charge in [0.05, 0.1) is 6.54 Å². The smallest absolute Gasteiger partial charge is 0.237 e. The molecule has 1 aromatic carbocycles. The quantitative estimate of drug-likeness (QED) is 0.862. The average Bonchev–Trinajstić information content (AvgIpc) is 3.25. The van der Waals surface area contributed by atoms with Crippen molar-refractivity contribution in [1.82, 2.24) is 9.80 Å². The van der Waals surface area contributed by atoms with Crippen LogP contribution in [0.3, 0.4) is 0 Å². The molecule has 0 saturated carbocycles. The van der Waals surface area contributed by atoms with E-state index in [1.165, 1.54) is 28.8 Å². The lowest BCUT2D eigenvalue weighted by molar-refractivity contribution is -0.133. The minimum Gasteiger partial charge on any atom is -0.337 e. The molecule has 1 fully saturated rings. The summed E-state index contributed by atoms with van der Waals surface area (Å²) in [6, 6.07) is 13.3. The van der Waals surface area contributed by atoms with Gasteiger partial charge in [0.15, 0.2) is 0 Å². The minimum absolute atomic E-state index is 0.281. The van der Waals surface area contributed by atoms with Crippen LogP contribution in [0.25, 0.3) is 0 Å². The number of hydrogen-bond donors (Lipinski definition) is 0. The Kier molecular flexibility index (Phi) is 4.19. The van der Waals surface area contributed by atoms with Gasteiger partial charge in [0.25, 0.3) is 0 Å². The Morgan fingerprint density at radius 2 is 2.00 bits per heavy atom. The first kappa shape index (κ1) is 14.9. The van der Waals surface area contributed by atoms with Crippen LogP contribution in [-0.2, 0) is 17.8 Å². The molecule has 2 aliphatic rings. The molecule has 1 atom stereocenters. The van der Waals surface area contributed by atoms with Crippen molar-refractivity contribution >= 4 is 17.2 Å². The molecule has 23 heavy (non-hydrogen) atoms. The molecule has 2 aliphatic heterocycles. The van der Waals surface area contributed by atoms with Gasteiger partial charge < -0.3 is 4.90 Å². The second-order valence-electron chi connectivity index (χ2n) is 6.48. The van der Waals surface area contributed by atoms with Crippen LogP contribution in [0.15, 0.2) is 41.8 Å². The van der Waals surface area contributed by atoms with Crippen molar-refractivity contribution in [3.8, 4) is 0 Å². The highest BCUT2D eigenvalue weighted by molar-refractivity contribution is 7.10. The Morgan fingerprint density at radius 1 is 1.13 bits per heavy atom. The zero-order valence-corrected chi connectivity index (χ0v) is 14.1. The van der Waals surface area contributed by atoms with Crippen molar-refractivity contribution in [2.24, 2.45) is 0 Å². The first-order chi connectivity index (χ1) is 11.3. The van der Waals surface area contributed by atoms with E-state index in [-0.39, 0.29) is 5.91 Å². The van der Waals surface area contributed by atoms with E-state index in [4.69, 9.17) is 0 Å². The Labute approximate surface area is 141 Å². The van der Waals surface area contributed by atoms with Gasteiger partial charge >= 0.3 is 0 Å². The van der Waals surface area contributed by atoms with Gasteiger partial charge in [-0.1, -0.05) is 30.3 Å². The second kappa shape index (κ2) is 6.46. The third-order valence-corrected chi connectivity index (χ3v) is 6.03. The van der Waals surface area contributed by atoms with Crippen molar-refractivity contribution in [1.29, 1.82) is 0 Å². The summed E-state index contributed by atoms with van der Waals surface area (Å²) in [6.07, 6.45) is 3.35. The summed E-state index contributed by atoms with van der Waals surface area (Å²) in [7, 11) is 0. The molecular formula is C19H22N2OS. The van der Waals surface area contributed by atoms with E-state index in [0.717, 1.165) is 26.1 Å². The van der Waals surface area contributed by atoms with Crippen LogP contribution < -0.4 is 0 Å². The number of rotatable bonds is 3. The number of thiophene rings is 1. The lowest BCUT2D eigenvalue weighted by Gasteiger charge is -2.31. The fourth-order valence-corrected chi connectivity index (χ4v) is 4.70. The number of benzene rings is 1. The van der Waals surface area contributed by atoms with Gasteiger partial charge in [-0.2, -0.15) is 0 Å². The summed E-state index contributed by atoms with van der Waals surface area (Å²) in [5.41, 5.74) is 2.71. The van der Waals surface area contributed by atoms with Crippen LogP contribution in [0.2, 0.25) is 0 Å². The van der Waals surface area contributed by atoms with Gasteiger partial charge in [-0.3, -0.25) is 9.69 Å². The Morgan fingerprint density at radius 3 is 2.83 bits per heavy atom. The largest absolute Gasteiger partial charge is 0.337 e. The van der Waals surface area contributed by atoms with Crippen molar-refractivity contribution in [3.05, 3.63) is 57.8 Å². The first-order valence-corrected chi connectivity index (χ1v) is 9.31. The van der Waals surface area contributed by atoms with Gasteiger partial charge in [0.2, 0.25) is 5.91 Å². The van der Waals surface area contributed by atoms with Crippen LogP contribution in [0.5, 0.6) is 0 Å². The van der Waals surface area contributed by atoms with Crippen LogP contribution in [0, 0.1) is 0 Å². The predicted molar refractivity (Wildman–Crippen MR) is 93.4 cm³/mol. The molecule has 0 N–H and O–H groups in total. The summed E-state index contributed by atoms with van der Waals surface area (Å²) in [5.74, 6) is 0.281. The number of hydrogen-bond acceptors (Lipinski definition) is 3. The van der Waals surface area contributed by atoms with Gasteiger partial charge in [0.1, 0.15) is 0 Å². The molecule has 0 spiro atoms. The minimum atomic E-state index is 0.281. The van der Waals surface area contributed by atoms with Crippen LogP contribution in [0.1, 0.15) is 34.9 Å². The standard InChI is InChI=1S/C19H22N2OS/c22-19(21-11-9-15-5-1-2-6-16(15)13-21)14-20-10-3-7-17(20)18-8-4-12-23-18/h1-2,4-6,8,12,17H,3,7,9-11,13-14H2/t17-/m0/s1. The molecule has 0 bridgehead atoms. The lowest BCUT2D eigenvalue weighted by Crippen LogP contribution is -2.42. The number of amides is 1. The predicted octanol–water partition coefficient (Wildman–Crippen LogP) is 3.47. The number of nitrogens with zero attached hydrogens (tertiary/aromatic N) is 2. The van der Waals surface area contributed by atoms with E-state index >= 15 is 0 Å². The van der Waals surface area contributed by atoms with Gasteiger partial charge in [0, 0.05) is 24.0 Å². The molecule has 2 aromatic rings.